The molecule has 1 aliphatic heterocycles. The van der Waals surface area contributed by atoms with Gasteiger partial charge in [-0.1, -0.05) is 12.1 Å². The van der Waals surface area contributed by atoms with E-state index < -0.39 is 11.7 Å². The summed E-state index contributed by atoms with van der Waals surface area (Å²) in [6, 6.07) is 17.9. The molecule has 0 spiro atoms. The largest absolute Gasteiger partial charge is 0.495 e. The number of aryl methyl sites for hydroxylation is 1. The van der Waals surface area contributed by atoms with Crippen LogP contribution < -0.4 is 29.7 Å². The number of carbonyl (C=O) groups excluding carboxylic acids is 4. The van der Waals surface area contributed by atoms with Gasteiger partial charge >= 0.3 is 6.09 Å². The molecule has 4 rings (SSSR count). The van der Waals surface area contributed by atoms with Crippen molar-refractivity contribution in [2.24, 2.45) is 0 Å². The number of nitrogens with one attached hydrogen (secondary N) is 2. The fourth-order valence-corrected chi connectivity index (χ4v) is 6.46. The van der Waals surface area contributed by atoms with Gasteiger partial charge in [-0.05, 0) is 134 Å². The van der Waals surface area contributed by atoms with Crippen molar-refractivity contribution in [1.82, 2.24) is 15.1 Å². The first-order valence-corrected chi connectivity index (χ1v) is 19.8. The Bertz CT molecular complexity index is 1820. The molecule has 0 radical (unpaired) electrons. The Morgan fingerprint density at radius 3 is 2.26 bits per heavy atom. The number of hydrogen-bond donors (Lipinski definition) is 2. The Labute approximate surface area is 338 Å². The van der Waals surface area contributed by atoms with Crippen molar-refractivity contribution >= 4 is 35.2 Å². The summed E-state index contributed by atoms with van der Waals surface area (Å²) >= 11 is 0. The molecule has 2 N–H and O–H groups in total. The van der Waals surface area contributed by atoms with Gasteiger partial charge in [0.15, 0.2) is 0 Å². The summed E-state index contributed by atoms with van der Waals surface area (Å²) in [7, 11) is 7.37. The lowest BCUT2D eigenvalue weighted by Gasteiger charge is -2.35. The molecule has 13 nitrogen and oxygen atoms in total. The van der Waals surface area contributed by atoms with Gasteiger partial charge in [0.1, 0.15) is 22.8 Å². The van der Waals surface area contributed by atoms with Crippen LogP contribution in [0.15, 0.2) is 60.7 Å². The zero-order chi connectivity index (χ0) is 41.5. The minimum Gasteiger partial charge on any atom is -0.495 e. The number of hydrogen-bond acceptors (Lipinski definition) is 9. The van der Waals surface area contributed by atoms with Crippen LogP contribution in [0.1, 0.15) is 92.0 Å². The second-order valence-electron chi connectivity index (χ2n) is 15.6. The fraction of sp³-hybridized carbons (Fsp3) is 0.500. The first kappa shape index (κ1) is 44.4. The molecule has 0 aromatic heterocycles. The van der Waals surface area contributed by atoms with Crippen LogP contribution in [-0.2, 0) is 9.53 Å². The second-order valence-corrected chi connectivity index (χ2v) is 15.6. The van der Waals surface area contributed by atoms with Crippen LogP contribution in [0.5, 0.6) is 17.2 Å². The molecule has 1 aliphatic rings. The van der Waals surface area contributed by atoms with Crippen molar-refractivity contribution in [2.45, 2.75) is 84.3 Å². The highest BCUT2D eigenvalue weighted by atomic mass is 16.6. The Hall–Kier alpha value is -5.30. The zero-order valence-electron chi connectivity index (χ0n) is 34.9. The number of piperidine rings is 1. The normalized spacial score (nSPS) is 13.2. The van der Waals surface area contributed by atoms with Gasteiger partial charge in [0, 0.05) is 50.3 Å². The average Bonchev–Trinajstić information content (AvgIpc) is 3.18. The third-order valence-corrected chi connectivity index (χ3v) is 9.67. The van der Waals surface area contributed by atoms with E-state index in [0.717, 1.165) is 50.8 Å². The summed E-state index contributed by atoms with van der Waals surface area (Å²) in [5, 5.41) is 5.56. The van der Waals surface area contributed by atoms with E-state index in [1.165, 1.54) is 7.11 Å². The van der Waals surface area contributed by atoms with Crippen molar-refractivity contribution in [3.05, 3.63) is 77.4 Å². The minimum atomic E-state index is -0.569. The van der Waals surface area contributed by atoms with E-state index in [4.69, 9.17) is 18.9 Å². The van der Waals surface area contributed by atoms with Crippen LogP contribution >= 0.6 is 0 Å². The number of ether oxygens (including phenoxy) is 4. The number of carbonyl (C=O) groups is 4. The molecule has 3 aromatic rings. The Morgan fingerprint density at radius 2 is 1.56 bits per heavy atom. The van der Waals surface area contributed by atoms with E-state index in [9.17, 15) is 19.2 Å². The van der Waals surface area contributed by atoms with Crippen LogP contribution in [0.4, 0.5) is 16.2 Å². The molecule has 0 atom stereocenters. The van der Waals surface area contributed by atoms with Gasteiger partial charge in [-0.2, -0.15) is 0 Å². The Morgan fingerprint density at radius 1 is 0.825 bits per heavy atom. The summed E-state index contributed by atoms with van der Waals surface area (Å²) in [4.78, 5) is 57.4. The molecule has 0 unspecified atom stereocenters. The molecule has 3 aromatic carbocycles. The number of alkyl carbamates (subject to hydrolysis) is 1. The highest BCUT2D eigenvalue weighted by Crippen LogP contribution is 2.32. The molecular formula is C44H61N5O8. The van der Waals surface area contributed by atoms with Crippen molar-refractivity contribution in [2.75, 3.05) is 71.3 Å². The number of amides is 4. The monoisotopic (exact) mass is 787 g/mol. The van der Waals surface area contributed by atoms with Gasteiger partial charge < -0.3 is 44.3 Å². The lowest BCUT2D eigenvalue weighted by molar-refractivity contribution is -0.132. The molecule has 0 saturated carbocycles. The zero-order valence-corrected chi connectivity index (χ0v) is 34.9. The van der Waals surface area contributed by atoms with Gasteiger partial charge in [-0.15, -0.1) is 0 Å². The van der Waals surface area contributed by atoms with Crippen LogP contribution in [0.3, 0.4) is 0 Å². The highest BCUT2D eigenvalue weighted by molar-refractivity contribution is 6.08. The molecule has 13 heteroatoms. The Kier molecular flexibility index (Phi) is 16.6. The fourth-order valence-electron chi connectivity index (χ4n) is 6.46. The minimum absolute atomic E-state index is 0.233. The van der Waals surface area contributed by atoms with E-state index >= 15 is 0 Å². The number of likely N-dealkylation sites (tertiary alicyclic amines) is 1. The standard InChI is InChI=1S/C44H61N5O8/c1-31-17-20-37(39(28-31)56-26-11-9-10-16-40(50)49-24-21-34(22-25-49)47(5)6)48(7)42(52)33-18-19-36(38(30-33)54-8)46-41(51)32-14-12-15-35(29-32)55-27-13-23-45-43(53)57-44(2,3)4/h12,14-15,17-20,28-30,34H,9-11,13,16,21-27H2,1-8H3,(H,45,53)(H,46,51). The van der Waals surface area contributed by atoms with Crippen molar-refractivity contribution in [3.63, 3.8) is 0 Å². The van der Waals surface area contributed by atoms with Crippen molar-refractivity contribution in [3.8, 4) is 17.2 Å². The highest BCUT2D eigenvalue weighted by Gasteiger charge is 2.24. The number of unbranched alkanes of at least 4 members (excludes halogenated alkanes) is 2. The smallest absolute Gasteiger partial charge is 0.407 e. The van der Waals surface area contributed by atoms with E-state index in [2.05, 4.69) is 29.6 Å². The lowest BCUT2D eigenvalue weighted by Crippen LogP contribution is -2.44. The van der Waals surface area contributed by atoms with E-state index in [1.54, 1.807) is 75.2 Å². The average molecular weight is 788 g/mol. The molecule has 1 saturated heterocycles. The molecule has 0 bridgehead atoms. The number of methoxy groups -OCH3 is 1. The third kappa shape index (κ3) is 14.0. The number of rotatable bonds is 18. The Balaban J connectivity index is 1.27. The van der Waals surface area contributed by atoms with E-state index in [1.807, 2.05) is 30.0 Å². The first-order valence-electron chi connectivity index (χ1n) is 19.8. The predicted octanol–water partition coefficient (Wildman–Crippen LogP) is 7.32. The summed E-state index contributed by atoms with van der Waals surface area (Å²) < 4.78 is 22.8. The van der Waals surface area contributed by atoms with Crippen molar-refractivity contribution in [1.29, 1.82) is 0 Å². The number of anilines is 2. The predicted molar refractivity (Wildman–Crippen MR) is 223 cm³/mol. The molecule has 57 heavy (non-hydrogen) atoms. The maximum absolute atomic E-state index is 13.8. The van der Waals surface area contributed by atoms with Gasteiger partial charge in [0.2, 0.25) is 5.91 Å². The second kappa shape index (κ2) is 21.3. The molecular weight excluding hydrogens is 727 g/mol. The SMILES string of the molecule is COc1cc(C(=O)N(C)c2ccc(C)cc2OCCCCCC(=O)N2CCC(N(C)C)CC2)ccc1NC(=O)c1cccc(OCCCNC(=O)OC(C)(C)C)c1. The quantitative estimate of drug-likeness (QED) is 0.127. The van der Waals surface area contributed by atoms with Crippen molar-refractivity contribution < 1.29 is 38.1 Å². The van der Waals surface area contributed by atoms with Gasteiger partial charge in [-0.25, -0.2) is 4.79 Å². The molecule has 1 fully saturated rings. The van der Waals surface area contributed by atoms with E-state index in [-0.39, 0.29) is 17.7 Å². The summed E-state index contributed by atoms with van der Waals surface area (Å²) in [6.07, 6.45) is 5.13. The van der Waals surface area contributed by atoms with Gasteiger partial charge in [0.25, 0.3) is 11.8 Å². The first-order chi connectivity index (χ1) is 27.1. The topological polar surface area (TPSA) is 139 Å². The van der Waals surface area contributed by atoms with Crippen LogP contribution in [0, 0.1) is 6.92 Å². The summed E-state index contributed by atoms with van der Waals surface area (Å²) in [5.41, 5.74) is 2.20. The third-order valence-electron chi connectivity index (χ3n) is 9.67. The molecule has 310 valence electrons. The summed E-state index contributed by atoms with van der Waals surface area (Å²) in [5.74, 6) is 1.01. The lowest BCUT2D eigenvalue weighted by atomic mass is 10.0. The maximum atomic E-state index is 13.8. The van der Waals surface area contributed by atoms with E-state index in [0.29, 0.717) is 78.4 Å². The van der Waals surface area contributed by atoms with Gasteiger partial charge in [0.05, 0.1) is 31.7 Å². The summed E-state index contributed by atoms with van der Waals surface area (Å²) in [6.45, 7) is 10.2. The number of nitrogens with zero attached hydrogens (tertiary/aromatic N) is 3. The number of benzene rings is 3. The molecule has 0 aliphatic carbocycles. The van der Waals surface area contributed by atoms with Gasteiger partial charge in [-0.3, -0.25) is 14.4 Å². The van der Waals surface area contributed by atoms with Crippen LogP contribution in [-0.4, -0.2) is 106 Å². The molecule has 4 amide bonds. The maximum Gasteiger partial charge on any atom is 0.407 e. The van der Waals surface area contributed by atoms with Crippen LogP contribution in [0.25, 0.3) is 0 Å². The molecule has 1 heterocycles. The van der Waals surface area contributed by atoms with Crippen LogP contribution in [0.2, 0.25) is 0 Å².